The molecular formula is C27H29NO2. The van der Waals surface area contributed by atoms with Crippen LogP contribution >= 0.6 is 0 Å². The minimum Gasteiger partial charge on any atom is -0.456 e. The maximum Gasteiger partial charge on any atom is 0.185 e. The van der Waals surface area contributed by atoms with Crippen molar-refractivity contribution in [3.63, 3.8) is 0 Å². The van der Waals surface area contributed by atoms with Gasteiger partial charge in [-0.3, -0.25) is 4.79 Å². The topological polar surface area (TPSA) is 42.2 Å². The fourth-order valence-electron chi connectivity index (χ4n) is 4.23. The lowest BCUT2D eigenvalue weighted by atomic mass is 9.87. The van der Waals surface area contributed by atoms with Gasteiger partial charge in [-0.25, -0.2) is 0 Å². The largest absolute Gasteiger partial charge is 0.456 e. The number of hydrogen-bond donors (Lipinski definition) is 1. The highest BCUT2D eigenvalue weighted by Crippen LogP contribution is 2.43. The molecule has 1 aliphatic carbocycles. The maximum absolute atomic E-state index is 12.4. The van der Waals surface area contributed by atoms with Gasteiger partial charge in [-0.1, -0.05) is 38.1 Å². The molecule has 4 rings (SSSR count). The molecule has 2 aliphatic rings. The van der Waals surface area contributed by atoms with Crippen LogP contribution in [0.25, 0.3) is 33.4 Å². The lowest BCUT2D eigenvalue weighted by Crippen LogP contribution is -2.06. The molecule has 1 aliphatic heterocycles. The minimum atomic E-state index is 0.00559. The lowest BCUT2D eigenvalue weighted by molar-refractivity contribution is 0.619. The Labute approximate surface area is 178 Å². The summed E-state index contributed by atoms with van der Waals surface area (Å²) in [5, 5.41) is 4.49. The van der Waals surface area contributed by atoms with Gasteiger partial charge in [0.05, 0.1) is 0 Å². The Bertz CT molecular complexity index is 1250. The van der Waals surface area contributed by atoms with E-state index in [1.54, 1.807) is 6.07 Å². The molecule has 2 aromatic rings. The van der Waals surface area contributed by atoms with Crippen molar-refractivity contribution in [2.75, 3.05) is 11.9 Å². The summed E-state index contributed by atoms with van der Waals surface area (Å²) in [4.78, 5) is 12.4. The van der Waals surface area contributed by atoms with E-state index >= 15 is 0 Å². The highest BCUT2D eigenvalue weighted by Gasteiger charge is 2.21. The third-order valence-electron chi connectivity index (χ3n) is 5.64. The summed E-state index contributed by atoms with van der Waals surface area (Å²) in [5.41, 5.74) is 8.45. The van der Waals surface area contributed by atoms with Gasteiger partial charge in [0.15, 0.2) is 5.43 Å². The van der Waals surface area contributed by atoms with Gasteiger partial charge in [0.2, 0.25) is 0 Å². The number of benzene rings is 3. The van der Waals surface area contributed by atoms with Crippen LogP contribution in [-0.2, 0) is 6.42 Å². The second-order valence-electron chi connectivity index (χ2n) is 8.54. The molecule has 0 spiro atoms. The molecule has 0 unspecified atom stereocenters. The summed E-state index contributed by atoms with van der Waals surface area (Å²) in [6.07, 6.45) is 0.998. The van der Waals surface area contributed by atoms with E-state index in [0.29, 0.717) is 11.7 Å². The van der Waals surface area contributed by atoms with Gasteiger partial charge in [0.1, 0.15) is 11.3 Å². The number of anilines is 1. The van der Waals surface area contributed by atoms with E-state index in [1.165, 1.54) is 16.7 Å². The highest BCUT2D eigenvalue weighted by atomic mass is 16.3. The molecule has 30 heavy (non-hydrogen) atoms. The number of aryl methyl sites for hydroxylation is 2. The first-order valence-corrected chi connectivity index (χ1v) is 10.7. The number of hydrogen-bond acceptors (Lipinski definition) is 3. The number of fused-ring (bicyclic) bond motifs is 2. The van der Waals surface area contributed by atoms with E-state index in [4.69, 9.17) is 4.42 Å². The van der Waals surface area contributed by atoms with Gasteiger partial charge >= 0.3 is 0 Å². The van der Waals surface area contributed by atoms with Crippen LogP contribution in [0.3, 0.4) is 0 Å². The van der Waals surface area contributed by atoms with Crippen molar-refractivity contribution in [1.82, 2.24) is 0 Å². The summed E-state index contributed by atoms with van der Waals surface area (Å²) in [5.74, 6) is 1.19. The normalized spacial score (nSPS) is 11.5. The van der Waals surface area contributed by atoms with E-state index in [9.17, 15) is 4.79 Å². The molecule has 3 nitrogen and oxygen atoms in total. The Kier molecular flexibility index (Phi) is 5.38. The van der Waals surface area contributed by atoms with Gasteiger partial charge < -0.3 is 9.73 Å². The van der Waals surface area contributed by atoms with Gasteiger partial charge in [-0.05, 0) is 67.5 Å². The van der Waals surface area contributed by atoms with E-state index in [0.717, 1.165) is 46.3 Å². The highest BCUT2D eigenvalue weighted by molar-refractivity contribution is 6.03. The lowest BCUT2D eigenvalue weighted by Gasteiger charge is -2.20. The molecule has 1 N–H and O–H groups in total. The molecule has 0 saturated heterocycles. The van der Waals surface area contributed by atoms with Gasteiger partial charge in [-0.15, -0.1) is 0 Å². The number of rotatable bonds is 5. The molecule has 154 valence electrons. The van der Waals surface area contributed by atoms with Gasteiger partial charge in [0.25, 0.3) is 0 Å². The molecule has 0 amide bonds. The molecule has 0 atom stereocenters. The molecule has 0 radical (unpaired) electrons. The van der Waals surface area contributed by atoms with E-state index < -0.39 is 0 Å². The Morgan fingerprint density at radius 3 is 2.47 bits per heavy atom. The Morgan fingerprint density at radius 2 is 1.73 bits per heavy atom. The van der Waals surface area contributed by atoms with E-state index in [1.807, 2.05) is 13.0 Å². The van der Waals surface area contributed by atoms with Gasteiger partial charge in [-0.2, -0.15) is 0 Å². The predicted molar refractivity (Wildman–Crippen MR) is 127 cm³/mol. The molecular weight excluding hydrogens is 370 g/mol. The van der Waals surface area contributed by atoms with Crippen LogP contribution < -0.4 is 10.7 Å². The molecule has 3 heteroatoms. The first kappa shape index (κ1) is 20.2. The van der Waals surface area contributed by atoms with Crippen LogP contribution in [0, 0.1) is 19.8 Å². The zero-order valence-corrected chi connectivity index (χ0v) is 18.4. The summed E-state index contributed by atoms with van der Waals surface area (Å²) >= 11 is 0. The third kappa shape index (κ3) is 3.60. The zero-order chi connectivity index (χ0) is 21.4. The smallest absolute Gasteiger partial charge is 0.185 e. The van der Waals surface area contributed by atoms with Crippen LogP contribution in [0.4, 0.5) is 5.69 Å². The fourth-order valence-corrected chi connectivity index (χ4v) is 4.23. The van der Waals surface area contributed by atoms with Crippen LogP contribution in [0.15, 0.2) is 57.7 Å². The Hall–Kier alpha value is -3.07. The number of nitrogens with one attached hydrogen (secondary N) is 1. The van der Waals surface area contributed by atoms with Crippen LogP contribution in [0.2, 0.25) is 0 Å². The molecule has 2 aromatic carbocycles. The third-order valence-corrected chi connectivity index (χ3v) is 5.64. The van der Waals surface area contributed by atoms with Crippen molar-refractivity contribution in [2.45, 2.75) is 41.0 Å². The summed E-state index contributed by atoms with van der Waals surface area (Å²) in [6, 6.07) is 16.5. The maximum atomic E-state index is 12.4. The zero-order valence-electron chi connectivity index (χ0n) is 18.4. The quantitative estimate of drug-likeness (QED) is 0.375. The molecule has 0 saturated carbocycles. The van der Waals surface area contributed by atoms with Gasteiger partial charge in [0, 0.05) is 40.9 Å². The second-order valence-corrected chi connectivity index (χ2v) is 8.54. The average Bonchev–Trinajstić information content (AvgIpc) is 2.69. The van der Waals surface area contributed by atoms with Crippen LogP contribution in [0.5, 0.6) is 0 Å². The molecule has 0 aromatic heterocycles. The van der Waals surface area contributed by atoms with E-state index in [-0.39, 0.29) is 5.43 Å². The molecule has 0 bridgehead atoms. The fraction of sp³-hybridized carbons (Fsp3) is 0.296. The van der Waals surface area contributed by atoms with Crippen molar-refractivity contribution >= 4 is 16.7 Å². The van der Waals surface area contributed by atoms with Crippen LogP contribution in [-0.4, -0.2) is 6.54 Å². The van der Waals surface area contributed by atoms with Crippen molar-refractivity contribution in [2.24, 2.45) is 5.92 Å². The van der Waals surface area contributed by atoms with Crippen molar-refractivity contribution in [3.05, 3.63) is 75.4 Å². The molecule has 0 fully saturated rings. The average molecular weight is 400 g/mol. The summed E-state index contributed by atoms with van der Waals surface area (Å²) in [6.45, 7) is 11.4. The second kappa shape index (κ2) is 7.98. The summed E-state index contributed by atoms with van der Waals surface area (Å²) < 4.78 is 6.27. The van der Waals surface area contributed by atoms with Crippen molar-refractivity contribution in [1.29, 1.82) is 0 Å². The van der Waals surface area contributed by atoms with Crippen molar-refractivity contribution < 1.29 is 4.42 Å². The Balaban J connectivity index is 2.14. The Morgan fingerprint density at radius 1 is 0.967 bits per heavy atom. The van der Waals surface area contributed by atoms with Crippen LogP contribution in [0.1, 0.15) is 37.5 Å². The molecule has 1 heterocycles. The van der Waals surface area contributed by atoms with E-state index in [2.05, 4.69) is 69.4 Å². The summed E-state index contributed by atoms with van der Waals surface area (Å²) in [7, 11) is 0. The van der Waals surface area contributed by atoms with Crippen molar-refractivity contribution in [3.8, 4) is 22.5 Å². The first-order chi connectivity index (χ1) is 14.4. The predicted octanol–water partition coefficient (Wildman–Crippen LogP) is 6.81. The minimum absolute atomic E-state index is 0.00559. The monoisotopic (exact) mass is 399 g/mol. The standard InChI is InChI=1S/C27H29NO2/c1-6-28-23-14-25-21(12-17(23)4)27(20-10-8-7-9-19(20)11-16(2)3)22-13-18(5)24(29)15-26(22)30-25/h7-10,12-16,28H,6,11H2,1-5H3. The first-order valence-electron chi connectivity index (χ1n) is 10.7. The SMILES string of the molecule is CCNc1cc2oc3cc(=O)c(C)cc-3c(-c3ccccc3CC(C)C)c2cc1C.